The van der Waals surface area contributed by atoms with E-state index in [-0.39, 0.29) is 24.5 Å². The van der Waals surface area contributed by atoms with Gasteiger partial charge in [0.15, 0.2) is 9.84 Å². The molecule has 0 unspecified atom stereocenters. The summed E-state index contributed by atoms with van der Waals surface area (Å²) in [5.41, 5.74) is 3.26. The summed E-state index contributed by atoms with van der Waals surface area (Å²) in [6.07, 6.45) is 1.41. The van der Waals surface area contributed by atoms with Gasteiger partial charge in [-0.05, 0) is 47.9 Å². The van der Waals surface area contributed by atoms with E-state index in [2.05, 4.69) is 4.98 Å². The van der Waals surface area contributed by atoms with E-state index in [0.29, 0.717) is 17.9 Å². The Balaban J connectivity index is 1.51. The van der Waals surface area contributed by atoms with Gasteiger partial charge in [0.2, 0.25) is 0 Å². The van der Waals surface area contributed by atoms with E-state index in [1.165, 1.54) is 12.1 Å². The first-order chi connectivity index (χ1) is 17.6. The van der Waals surface area contributed by atoms with Crippen molar-refractivity contribution in [2.24, 2.45) is 7.05 Å². The topological polar surface area (TPSA) is 117 Å². The van der Waals surface area contributed by atoms with Crippen molar-refractivity contribution in [3.05, 3.63) is 77.6 Å². The van der Waals surface area contributed by atoms with Crippen molar-refractivity contribution in [3.63, 3.8) is 0 Å². The van der Waals surface area contributed by atoms with Gasteiger partial charge < -0.3 is 23.9 Å². The lowest BCUT2D eigenvalue weighted by atomic mass is 10.1. The second kappa shape index (κ2) is 10.9. The predicted octanol–water partition coefficient (Wildman–Crippen LogP) is 4.16. The molecule has 0 aliphatic carbocycles. The van der Waals surface area contributed by atoms with E-state index in [1.807, 2.05) is 29.8 Å². The van der Waals surface area contributed by atoms with Gasteiger partial charge in [-0.25, -0.2) is 13.4 Å². The number of carboxylic acids is 1. The molecule has 0 fully saturated rings. The zero-order valence-corrected chi connectivity index (χ0v) is 21.6. The molecule has 0 amide bonds. The number of aryl methyl sites for hydroxylation is 2. The number of rotatable bonds is 11. The molecule has 1 N–H and O–H groups in total. The van der Waals surface area contributed by atoms with Gasteiger partial charge >= 0.3 is 5.97 Å². The van der Waals surface area contributed by atoms with Crippen LogP contribution in [0, 0.1) is 0 Å². The normalized spacial score (nSPS) is 11.4. The number of benzene rings is 3. The summed E-state index contributed by atoms with van der Waals surface area (Å²) < 4.78 is 42.6. The van der Waals surface area contributed by atoms with Gasteiger partial charge in [0.05, 0.1) is 23.0 Å². The van der Waals surface area contributed by atoms with E-state index in [4.69, 9.17) is 19.3 Å². The maximum Gasteiger partial charge on any atom is 0.303 e. The van der Waals surface area contributed by atoms with Crippen molar-refractivity contribution in [1.29, 1.82) is 0 Å². The second-order valence-corrected chi connectivity index (χ2v) is 10.6. The molecule has 37 heavy (non-hydrogen) atoms. The highest BCUT2D eigenvalue weighted by Gasteiger charge is 2.13. The molecule has 0 aliphatic rings. The molecule has 0 spiro atoms. The predicted molar refractivity (Wildman–Crippen MR) is 138 cm³/mol. The van der Waals surface area contributed by atoms with Crippen molar-refractivity contribution < 1.29 is 32.5 Å². The third-order valence-electron chi connectivity index (χ3n) is 5.94. The van der Waals surface area contributed by atoms with Crippen molar-refractivity contribution in [1.82, 2.24) is 9.55 Å². The molecular formula is C27H28N2O7S. The largest absolute Gasteiger partial charge is 0.497 e. The van der Waals surface area contributed by atoms with E-state index in [1.54, 1.807) is 37.4 Å². The van der Waals surface area contributed by atoms with Crippen molar-refractivity contribution in [2.75, 3.05) is 13.4 Å². The van der Waals surface area contributed by atoms with Gasteiger partial charge in [0.25, 0.3) is 0 Å². The van der Waals surface area contributed by atoms with Crippen LogP contribution in [0.4, 0.5) is 0 Å². The molecule has 9 nitrogen and oxygen atoms in total. The summed E-state index contributed by atoms with van der Waals surface area (Å²) in [4.78, 5) is 16.0. The Kier molecular flexibility index (Phi) is 7.68. The highest BCUT2D eigenvalue weighted by molar-refractivity contribution is 7.90. The van der Waals surface area contributed by atoms with Crippen LogP contribution in [0.5, 0.6) is 17.2 Å². The van der Waals surface area contributed by atoms with Crippen molar-refractivity contribution in [3.8, 4) is 17.2 Å². The van der Waals surface area contributed by atoms with Crippen LogP contribution >= 0.6 is 0 Å². The third kappa shape index (κ3) is 6.39. The molecule has 194 valence electrons. The van der Waals surface area contributed by atoms with Crippen molar-refractivity contribution >= 4 is 26.8 Å². The summed E-state index contributed by atoms with van der Waals surface area (Å²) in [6, 6.07) is 17.4. The first-order valence-corrected chi connectivity index (χ1v) is 13.4. The number of hydrogen-bond donors (Lipinski definition) is 1. The highest BCUT2D eigenvalue weighted by atomic mass is 32.2. The van der Waals surface area contributed by atoms with E-state index in [0.717, 1.165) is 40.0 Å². The number of carboxylic acid groups (broad SMARTS) is 1. The van der Waals surface area contributed by atoms with Crippen LogP contribution in [-0.2, 0) is 41.3 Å². The molecule has 0 aliphatic heterocycles. The van der Waals surface area contributed by atoms with Crippen LogP contribution in [0.25, 0.3) is 11.0 Å². The van der Waals surface area contributed by atoms with Gasteiger partial charge in [-0.2, -0.15) is 0 Å². The van der Waals surface area contributed by atoms with Gasteiger partial charge in [0, 0.05) is 31.9 Å². The number of sulfone groups is 1. The number of imidazole rings is 1. The maximum atomic E-state index is 11.7. The average Bonchev–Trinajstić information content (AvgIpc) is 3.19. The smallest absolute Gasteiger partial charge is 0.303 e. The monoisotopic (exact) mass is 524 g/mol. The SMILES string of the molecule is COc1ccc2nc(COc3ccc(CCC(=O)O)c(OCc4ccc(S(C)(=O)=O)cc4)c3)n(C)c2c1. The molecule has 0 bridgehead atoms. The zero-order chi connectivity index (χ0) is 26.6. The van der Waals surface area contributed by atoms with Gasteiger partial charge in [-0.15, -0.1) is 0 Å². The fourth-order valence-corrected chi connectivity index (χ4v) is 4.46. The molecule has 0 atom stereocenters. The van der Waals surface area contributed by atoms with Crippen LogP contribution < -0.4 is 14.2 Å². The fraction of sp³-hybridized carbons (Fsp3) is 0.259. The summed E-state index contributed by atoms with van der Waals surface area (Å²) in [5, 5.41) is 9.12. The molecule has 0 radical (unpaired) electrons. The molecule has 1 heterocycles. The number of hydrogen-bond acceptors (Lipinski definition) is 7. The lowest BCUT2D eigenvalue weighted by Crippen LogP contribution is -2.05. The minimum Gasteiger partial charge on any atom is -0.497 e. The van der Waals surface area contributed by atoms with Gasteiger partial charge in [-0.1, -0.05) is 18.2 Å². The maximum absolute atomic E-state index is 11.7. The molecule has 4 rings (SSSR count). The molecular weight excluding hydrogens is 496 g/mol. The number of carbonyl (C=O) groups is 1. The number of methoxy groups -OCH3 is 1. The zero-order valence-electron chi connectivity index (χ0n) is 20.8. The van der Waals surface area contributed by atoms with E-state index >= 15 is 0 Å². The Morgan fingerprint density at radius 3 is 2.38 bits per heavy atom. The summed E-state index contributed by atoms with van der Waals surface area (Å²) in [5.74, 6) is 1.62. The number of nitrogens with zero attached hydrogens (tertiary/aromatic N) is 2. The minimum absolute atomic E-state index is 0.0387. The number of aliphatic carboxylic acids is 1. The van der Waals surface area contributed by atoms with Crippen molar-refractivity contribution in [2.45, 2.75) is 31.0 Å². The molecule has 10 heteroatoms. The lowest BCUT2D eigenvalue weighted by molar-refractivity contribution is -0.136. The number of aromatic nitrogens is 2. The first kappa shape index (κ1) is 26.0. The Morgan fingerprint density at radius 1 is 0.973 bits per heavy atom. The number of ether oxygens (including phenoxy) is 3. The molecule has 0 saturated carbocycles. The lowest BCUT2D eigenvalue weighted by Gasteiger charge is -2.14. The summed E-state index contributed by atoms with van der Waals surface area (Å²) >= 11 is 0. The highest BCUT2D eigenvalue weighted by Crippen LogP contribution is 2.28. The Morgan fingerprint density at radius 2 is 1.70 bits per heavy atom. The van der Waals surface area contributed by atoms with E-state index < -0.39 is 15.8 Å². The summed E-state index contributed by atoms with van der Waals surface area (Å²) in [6.45, 7) is 0.397. The van der Waals surface area contributed by atoms with Crippen LogP contribution in [0.1, 0.15) is 23.4 Å². The average molecular weight is 525 g/mol. The van der Waals surface area contributed by atoms with Crippen LogP contribution in [0.15, 0.2) is 65.6 Å². The van der Waals surface area contributed by atoms with Gasteiger partial charge in [-0.3, -0.25) is 4.79 Å². The molecule has 4 aromatic rings. The second-order valence-electron chi connectivity index (χ2n) is 8.60. The molecule has 0 saturated heterocycles. The summed E-state index contributed by atoms with van der Waals surface area (Å²) in [7, 11) is 0.241. The van der Waals surface area contributed by atoms with Crippen LogP contribution in [0.2, 0.25) is 0 Å². The van der Waals surface area contributed by atoms with Gasteiger partial charge in [0.1, 0.15) is 36.3 Å². The Hall–Kier alpha value is -4.05. The standard InChI is InChI=1S/C27H28N2O7S/c1-29-24-14-20(34-2)9-12-23(24)28-26(29)17-35-21-8-6-19(7-13-27(30)31)25(15-21)36-16-18-4-10-22(11-5-18)37(3,32)33/h4-6,8-12,14-15H,7,13,16-17H2,1-3H3,(H,30,31). The Labute approximate surface area is 215 Å². The first-order valence-electron chi connectivity index (χ1n) is 11.5. The third-order valence-corrected chi connectivity index (χ3v) is 7.07. The van der Waals surface area contributed by atoms with Crippen LogP contribution in [0.3, 0.4) is 0 Å². The minimum atomic E-state index is -3.29. The fourth-order valence-electron chi connectivity index (χ4n) is 3.82. The van der Waals surface area contributed by atoms with E-state index in [9.17, 15) is 13.2 Å². The number of fused-ring (bicyclic) bond motifs is 1. The van der Waals surface area contributed by atoms with Crippen LogP contribution in [-0.4, -0.2) is 42.4 Å². The quantitative estimate of drug-likeness (QED) is 0.311. The Bertz CT molecular complexity index is 1530. The molecule has 1 aromatic heterocycles. The molecule has 3 aromatic carbocycles.